The summed E-state index contributed by atoms with van der Waals surface area (Å²) in [6.07, 6.45) is 22.5. The number of ether oxygens (including phenoxy) is 3. The van der Waals surface area contributed by atoms with E-state index < -0.39 is 24.0 Å². The maximum Gasteiger partial charge on any atom is 0.306 e. The number of carboxylic acid groups (broad SMARTS) is 1. The lowest BCUT2D eigenvalue weighted by Gasteiger charge is -2.19. The molecule has 0 saturated heterocycles. The third-order valence-electron chi connectivity index (χ3n) is 6.50. The highest BCUT2D eigenvalue weighted by Gasteiger charge is 2.21. The summed E-state index contributed by atoms with van der Waals surface area (Å²) in [6, 6.07) is 0. The lowest BCUT2D eigenvalue weighted by molar-refractivity contribution is -0.167. The van der Waals surface area contributed by atoms with Gasteiger partial charge in [0, 0.05) is 25.7 Å². The van der Waals surface area contributed by atoms with Crippen LogP contribution in [0, 0.1) is 5.92 Å². The summed E-state index contributed by atoms with van der Waals surface area (Å²) in [7, 11) is 0. The smallest absolute Gasteiger partial charge is 0.306 e. The molecule has 0 fully saturated rings. The Morgan fingerprint density at radius 1 is 0.610 bits per heavy atom. The topological polar surface area (TPSA) is 116 Å². The minimum atomic E-state index is -0.994. The van der Waals surface area contributed by atoms with Crippen molar-refractivity contribution in [3.05, 3.63) is 24.3 Å². The fraction of sp³-hybridized carbons (Fsp3) is 0.758. The Morgan fingerprint density at radius 3 is 1.49 bits per heavy atom. The van der Waals surface area contributed by atoms with E-state index in [1.807, 2.05) is 0 Å². The monoisotopic (exact) mass is 580 g/mol. The minimum Gasteiger partial charge on any atom is -0.481 e. The third kappa shape index (κ3) is 27.3. The van der Waals surface area contributed by atoms with Crippen molar-refractivity contribution in [2.45, 2.75) is 142 Å². The number of allylic oxidation sites excluding steroid dienone is 4. The van der Waals surface area contributed by atoms with Gasteiger partial charge < -0.3 is 19.3 Å². The summed E-state index contributed by atoms with van der Waals surface area (Å²) in [5.41, 5.74) is 0. The molecule has 0 aromatic rings. The van der Waals surface area contributed by atoms with Crippen LogP contribution in [-0.4, -0.2) is 48.3 Å². The molecule has 0 radical (unpaired) electrons. The summed E-state index contributed by atoms with van der Waals surface area (Å²) in [5, 5.41) is 8.92. The first kappa shape index (κ1) is 38.4. The Balaban J connectivity index is 4.43. The largest absolute Gasteiger partial charge is 0.481 e. The van der Waals surface area contributed by atoms with Gasteiger partial charge in [-0.3, -0.25) is 19.2 Å². The molecule has 0 aromatic carbocycles. The van der Waals surface area contributed by atoms with Crippen LogP contribution in [0.4, 0.5) is 0 Å². The first-order valence-corrected chi connectivity index (χ1v) is 15.8. The molecular formula is C33H56O8. The number of carbonyl (C=O) groups excluding carboxylic acids is 3. The fourth-order valence-electron chi connectivity index (χ4n) is 4.21. The molecular weight excluding hydrogens is 524 g/mol. The van der Waals surface area contributed by atoms with Crippen LogP contribution in [0.25, 0.3) is 0 Å². The van der Waals surface area contributed by atoms with Crippen LogP contribution in [0.1, 0.15) is 136 Å². The molecule has 0 bridgehead atoms. The lowest BCUT2D eigenvalue weighted by atomic mass is 10.0. The zero-order valence-electron chi connectivity index (χ0n) is 25.9. The average Bonchev–Trinajstić information content (AvgIpc) is 2.92. The predicted octanol–water partition coefficient (Wildman–Crippen LogP) is 7.88. The van der Waals surface area contributed by atoms with Crippen LogP contribution in [-0.2, 0) is 33.4 Å². The molecule has 0 aliphatic rings. The van der Waals surface area contributed by atoms with Gasteiger partial charge in [-0.15, -0.1) is 0 Å². The summed E-state index contributed by atoms with van der Waals surface area (Å²) >= 11 is 0. The first-order valence-electron chi connectivity index (χ1n) is 15.8. The van der Waals surface area contributed by atoms with E-state index in [1.54, 1.807) is 6.92 Å². The minimum absolute atomic E-state index is 0.0901. The van der Waals surface area contributed by atoms with Gasteiger partial charge in [0.25, 0.3) is 0 Å². The van der Waals surface area contributed by atoms with Gasteiger partial charge in [0.15, 0.2) is 6.10 Å². The maximum atomic E-state index is 12.3. The van der Waals surface area contributed by atoms with Crippen LogP contribution in [0.5, 0.6) is 0 Å². The van der Waals surface area contributed by atoms with E-state index in [-0.39, 0.29) is 50.8 Å². The molecule has 0 aliphatic carbocycles. The number of carboxylic acids is 1. The van der Waals surface area contributed by atoms with E-state index in [0.717, 1.165) is 89.9 Å². The molecule has 0 amide bonds. The zero-order valence-corrected chi connectivity index (χ0v) is 25.9. The van der Waals surface area contributed by atoms with E-state index >= 15 is 0 Å². The van der Waals surface area contributed by atoms with Gasteiger partial charge in [0.2, 0.25) is 0 Å². The van der Waals surface area contributed by atoms with Gasteiger partial charge >= 0.3 is 23.9 Å². The fourth-order valence-corrected chi connectivity index (χ4v) is 4.21. The number of unbranched alkanes of at least 4 members (excludes halogenated alkanes) is 10. The Bertz CT molecular complexity index is 714. The van der Waals surface area contributed by atoms with Crippen molar-refractivity contribution < 1.29 is 38.5 Å². The quantitative estimate of drug-likeness (QED) is 0.0451. The van der Waals surface area contributed by atoms with Gasteiger partial charge in [0.1, 0.15) is 13.2 Å². The Kier molecular flexibility index (Phi) is 25.8. The molecule has 0 aliphatic heterocycles. The van der Waals surface area contributed by atoms with Gasteiger partial charge in [-0.1, -0.05) is 83.6 Å². The summed E-state index contributed by atoms with van der Waals surface area (Å²) in [5.74, 6) is -2.78. The van der Waals surface area contributed by atoms with Crippen molar-refractivity contribution in [1.29, 1.82) is 0 Å². The van der Waals surface area contributed by atoms with E-state index in [2.05, 4.69) is 38.2 Å². The van der Waals surface area contributed by atoms with E-state index in [0.29, 0.717) is 0 Å². The average molecular weight is 581 g/mol. The van der Waals surface area contributed by atoms with Crippen molar-refractivity contribution in [2.75, 3.05) is 13.2 Å². The molecule has 1 unspecified atom stereocenters. The highest BCUT2D eigenvalue weighted by atomic mass is 16.6. The van der Waals surface area contributed by atoms with Gasteiger partial charge in [-0.2, -0.15) is 0 Å². The van der Waals surface area contributed by atoms with Gasteiger partial charge in [-0.05, 0) is 57.3 Å². The van der Waals surface area contributed by atoms with Crippen LogP contribution in [0.2, 0.25) is 0 Å². The van der Waals surface area contributed by atoms with Crippen LogP contribution >= 0.6 is 0 Å². The molecule has 1 N–H and O–H groups in total. The second-order valence-corrected chi connectivity index (χ2v) is 10.8. The van der Waals surface area contributed by atoms with Crippen molar-refractivity contribution in [1.82, 2.24) is 0 Å². The summed E-state index contributed by atoms with van der Waals surface area (Å²) < 4.78 is 16.0. The zero-order chi connectivity index (χ0) is 30.6. The molecule has 0 aromatic heterocycles. The molecule has 236 valence electrons. The molecule has 0 saturated carbocycles. The van der Waals surface area contributed by atoms with E-state index in [1.165, 1.54) is 0 Å². The van der Waals surface area contributed by atoms with Crippen LogP contribution in [0.3, 0.4) is 0 Å². The Morgan fingerprint density at radius 2 is 1.05 bits per heavy atom. The third-order valence-corrected chi connectivity index (χ3v) is 6.50. The molecule has 1 atom stereocenters. The van der Waals surface area contributed by atoms with E-state index in [9.17, 15) is 19.2 Å². The van der Waals surface area contributed by atoms with Gasteiger partial charge in [0.05, 0.1) is 0 Å². The Hall–Kier alpha value is -2.64. The molecule has 0 heterocycles. The molecule has 8 nitrogen and oxygen atoms in total. The Labute approximate surface area is 248 Å². The molecule has 0 spiro atoms. The van der Waals surface area contributed by atoms with E-state index in [4.69, 9.17) is 19.3 Å². The van der Waals surface area contributed by atoms with Crippen molar-refractivity contribution in [2.24, 2.45) is 5.92 Å². The van der Waals surface area contributed by atoms with Crippen molar-refractivity contribution in [3.8, 4) is 0 Å². The van der Waals surface area contributed by atoms with Crippen molar-refractivity contribution >= 4 is 23.9 Å². The number of esters is 3. The maximum absolute atomic E-state index is 12.3. The standard InChI is InChI=1S/C33H56O8/c1-4-6-8-10-12-14-16-18-20-22-31(36)39-26-29(41-33(38)25-28(3)24-30(34)35)27-40-32(37)23-21-19-17-15-13-11-9-7-5-2/h6-9,28-29H,4-5,10-27H2,1-3H3,(H,34,35)/b8-6-,9-7-. The molecule has 0 rings (SSSR count). The number of hydrogen-bond donors (Lipinski definition) is 1. The lowest BCUT2D eigenvalue weighted by Crippen LogP contribution is -2.31. The summed E-state index contributed by atoms with van der Waals surface area (Å²) in [4.78, 5) is 47.7. The number of hydrogen-bond acceptors (Lipinski definition) is 7. The predicted molar refractivity (Wildman–Crippen MR) is 161 cm³/mol. The number of rotatable bonds is 27. The normalized spacial score (nSPS) is 12.2. The first-order chi connectivity index (χ1) is 19.8. The molecule has 41 heavy (non-hydrogen) atoms. The number of aliphatic carboxylic acids is 1. The number of carbonyl (C=O) groups is 4. The molecule has 8 heteroatoms. The highest BCUT2D eigenvalue weighted by molar-refractivity contribution is 5.72. The van der Waals surface area contributed by atoms with Crippen LogP contribution < -0.4 is 0 Å². The summed E-state index contributed by atoms with van der Waals surface area (Å²) in [6.45, 7) is 5.47. The second-order valence-electron chi connectivity index (χ2n) is 10.8. The second kappa shape index (κ2) is 27.5. The van der Waals surface area contributed by atoms with Gasteiger partial charge in [-0.25, -0.2) is 0 Å². The van der Waals surface area contributed by atoms with Crippen LogP contribution in [0.15, 0.2) is 24.3 Å². The SMILES string of the molecule is CC/C=C\CCCCCCCC(=O)OCC(COC(=O)CCCCCCC/C=C\CC)OC(=O)CC(C)CC(=O)O. The van der Waals surface area contributed by atoms with Crippen molar-refractivity contribution in [3.63, 3.8) is 0 Å². The highest BCUT2D eigenvalue weighted by Crippen LogP contribution is 2.13.